The number of hydrogen-bond donors (Lipinski definition) is 1. The van der Waals surface area contributed by atoms with Crippen molar-refractivity contribution in [3.63, 3.8) is 0 Å². The molecule has 0 aromatic heterocycles. The smallest absolute Gasteiger partial charge is 0.216 e. The first-order chi connectivity index (χ1) is 8.22. The van der Waals surface area contributed by atoms with E-state index >= 15 is 0 Å². The summed E-state index contributed by atoms with van der Waals surface area (Å²) in [6, 6.07) is 8.92. The van der Waals surface area contributed by atoms with Gasteiger partial charge in [-0.3, -0.25) is 4.79 Å². The van der Waals surface area contributed by atoms with E-state index in [1.165, 1.54) is 6.92 Å². The zero-order chi connectivity index (χ0) is 13.1. The molecule has 92 valence electrons. The molecule has 0 fully saturated rings. The Morgan fingerprint density at radius 1 is 1.47 bits per heavy atom. The van der Waals surface area contributed by atoms with Gasteiger partial charge >= 0.3 is 0 Å². The van der Waals surface area contributed by atoms with E-state index in [2.05, 4.69) is 5.32 Å². The van der Waals surface area contributed by atoms with E-state index in [1.807, 2.05) is 19.9 Å². The van der Waals surface area contributed by atoms with Gasteiger partial charge in [0.05, 0.1) is 18.2 Å². The number of nitrogens with zero attached hydrogens (tertiary/aromatic N) is 1. The maximum absolute atomic E-state index is 10.5. The van der Waals surface area contributed by atoms with Crippen molar-refractivity contribution in [1.29, 1.82) is 5.26 Å². The standard InChI is InChI=1S/C11H12N2O2.C2H6/c1-9(14)13-5-6-15-11-4-2-3-10(7-11)8-12;1-2/h2-4,7H,5-6H2,1H3,(H,13,14);1-2H3. The van der Waals surface area contributed by atoms with Crippen molar-refractivity contribution in [3.8, 4) is 11.8 Å². The highest BCUT2D eigenvalue weighted by Gasteiger charge is 1.96. The van der Waals surface area contributed by atoms with Crippen LogP contribution in [-0.4, -0.2) is 19.1 Å². The maximum atomic E-state index is 10.5. The highest BCUT2D eigenvalue weighted by molar-refractivity contribution is 5.72. The monoisotopic (exact) mass is 234 g/mol. The quantitative estimate of drug-likeness (QED) is 0.811. The number of carbonyl (C=O) groups is 1. The molecule has 0 radical (unpaired) electrons. The first kappa shape index (κ1) is 15.0. The number of rotatable bonds is 4. The van der Waals surface area contributed by atoms with Crippen LogP contribution in [0.4, 0.5) is 0 Å². The topological polar surface area (TPSA) is 62.1 Å². The van der Waals surface area contributed by atoms with E-state index in [4.69, 9.17) is 10.00 Å². The third kappa shape index (κ3) is 6.96. The normalized spacial score (nSPS) is 8.35. The van der Waals surface area contributed by atoms with Gasteiger partial charge < -0.3 is 10.1 Å². The van der Waals surface area contributed by atoms with Gasteiger partial charge in [-0.15, -0.1) is 0 Å². The van der Waals surface area contributed by atoms with Crippen LogP contribution in [-0.2, 0) is 4.79 Å². The van der Waals surface area contributed by atoms with E-state index in [0.29, 0.717) is 24.5 Å². The lowest BCUT2D eigenvalue weighted by Crippen LogP contribution is -2.25. The summed E-state index contributed by atoms with van der Waals surface area (Å²) < 4.78 is 5.33. The minimum atomic E-state index is -0.0793. The molecule has 17 heavy (non-hydrogen) atoms. The molecular formula is C13H18N2O2. The van der Waals surface area contributed by atoms with Crippen LogP contribution in [0.15, 0.2) is 24.3 Å². The summed E-state index contributed by atoms with van der Waals surface area (Å²) >= 11 is 0. The summed E-state index contributed by atoms with van der Waals surface area (Å²) in [5.74, 6) is 0.559. The Bertz CT molecular complexity index is 383. The maximum Gasteiger partial charge on any atom is 0.216 e. The molecule has 0 aliphatic heterocycles. The van der Waals surface area contributed by atoms with Crippen molar-refractivity contribution in [2.45, 2.75) is 20.8 Å². The molecule has 0 saturated carbocycles. The number of carbonyl (C=O) groups excluding carboxylic acids is 1. The molecular weight excluding hydrogens is 216 g/mol. The Balaban J connectivity index is 0.00000121. The fourth-order valence-corrected chi connectivity index (χ4v) is 1.05. The minimum absolute atomic E-state index is 0.0793. The second-order valence-corrected chi connectivity index (χ2v) is 2.97. The predicted octanol–water partition coefficient (Wildman–Crippen LogP) is 2.10. The summed E-state index contributed by atoms with van der Waals surface area (Å²) in [7, 11) is 0. The number of nitriles is 1. The van der Waals surface area contributed by atoms with E-state index < -0.39 is 0 Å². The van der Waals surface area contributed by atoms with Gasteiger partial charge in [0.2, 0.25) is 5.91 Å². The molecule has 0 unspecified atom stereocenters. The summed E-state index contributed by atoms with van der Waals surface area (Å²) in [4.78, 5) is 10.5. The molecule has 0 spiro atoms. The fraction of sp³-hybridized carbons (Fsp3) is 0.385. The molecule has 1 aromatic carbocycles. The van der Waals surface area contributed by atoms with Gasteiger partial charge in [0, 0.05) is 6.92 Å². The average Bonchev–Trinajstić information content (AvgIpc) is 2.37. The molecule has 1 rings (SSSR count). The van der Waals surface area contributed by atoms with Crippen LogP contribution >= 0.6 is 0 Å². The predicted molar refractivity (Wildman–Crippen MR) is 66.7 cm³/mol. The van der Waals surface area contributed by atoms with E-state index in [1.54, 1.807) is 24.3 Å². The second kappa shape index (κ2) is 9.22. The van der Waals surface area contributed by atoms with Crippen LogP contribution in [0.3, 0.4) is 0 Å². The second-order valence-electron chi connectivity index (χ2n) is 2.97. The molecule has 1 aromatic rings. The Morgan fingerprint density at radius 3 is 2.76 bits per heavy atom. The zero-order valence-corrected chi connectivity index (χ0v) is 10.5. The van der Waals surface area contributed by atoms with E-state index in [0.717, 1.165) is 0 Å². The lowest BCUT2D eigenvalue weighted by molar-refractivity contribution is -0.119. The molecule has 0 atom stereocenters. The van der Waals surface area contributed by atoms with Crippen LogP contribution in [0.1, 0.15) is 26.3 Å². The lowest BCUT2D eigenvalue weighted by Gasteiger charge is -2.06. The largest absolute Gasteiger partial charge is 0.492 e. The third-order valence-corrected chi connectivity index (χ3v) is 1.71. The van der Waals surface area contributed by atoms with Crippen molar-refractivity contribution >= 4 is 5.91 Å². The number of benzene rings is 1. The SMILES string of the molecule is CC.CC(=O)NCCOc1cccc(C#N)c1. The Hall–Kier alpha value is -2.02. The Morgan fingerprint density at radius 2 is 2.18 bits per heavy atom. The molecule has 1 N–H and O–H groups in total. The van der Waals surface area contributed by atoms with Gasteiger partial charge in [-0.05, 0) is 18.2 Å². The van der Waals surface area contributed by atoms with Gasteiger partial charge in [-0.25, -0.2) is 0 Å². The molecule has 0 saturated heterocycles. The van der Waals surface area contributed by atoms with Crippen LogP contribution in [0.5, 0.6) is 5.75 Å². The van der Waals surface area contributed by atoms with E-state index in [9.17, 15) is 4.79 Å². The summed E-state index contributed by atoms with van der Waals surface area (Å²) in [5, 5.41) is 11.3. The summed E-state index contributed by atoms with van der Waals surface area (Å²) in [5.41, 5.74) is 0.562. The van der Waals surface area contributed by atoms with Gasteiger partial charge in [0.1, 0.15) is 12.4 Å². The number of nitrogens with one attached hydrogen (secondary N) is 1. The molecule has 4 heteroatoms. The van der Waals surface area contributed by atoms with Crippen molar-refractivity contribution in [2.24, 2.45) is 0 Å². The van der Waals surface area contributed by atoms with Crippen molar-refractivity contribution < 1.29 is 9.53 Å². The molecule has 0 heterocycles. The number of ether oxygens (including phenoxy) is 1. The molecule has 0 bridgehead atoms. The van der Waals surface area contributed by atoms with Crippen molar-refractivity contribution in [1.82, 2.24) is 5.32 Å². The van der Waals surface area contributed by atoms with Crippen LogP contribution < -0.4 is 10.1 Å². The summed E-state index contributed by atoms with van der Waals surface area (Å²) in [6.45, 7) is 6.32. The Labute approximate surface area is 102 Å². The van der Waals surface area contributed by atoms with Crippen molar-refractivity contribution in [2.75, 3.05) is 13.2 Å². The molecule has 4 nitrogen and oxygen atoms in total. The van der Waals surface area contributed by atoms with Crippen LogP contribution in [0, 0.1) is 11.3 Å². The molecule has 0 aliphatic carbocycles. The minimum Gasteiger partial charge on any atom is -0.492 e. The van der Waals surface area contributed by atoms with Gasteiger partial charge in [0.25, 0.3) is 0 Å². The van der Waals surface area contributed by atoms with Crippen LogP contribution in [0.2, 0.25) is 0 Å². The van der Waals surface area contributed by atoms with Crippen LogP contribution in [0.25, 0.3) is 0 Å². The van der Waals surface area contributed by atoms with Gasteiger partial charge in [-0.2, -0.15) is 5.26 Å². The number of hydrogen-bond acceptors (Lipinski definition) is 3. The van der Waals surface area contributed by atoms with Gasteiger partial charge in [0.15, 0.2) is 0 Å². The zero-order valence-electron chi connectivity index (χ0n) is 10.5. The molecule has 1 amide bonds. The number of amides is 1. The summed E-state index contributed by atoms with van der Waals surface area (Å²) in [6.07, 6.45) is 0. The first-order valence-electron chi connectivity index (χ1n) is 5.60. The van der Waals surface area contributed by atoms with E-state index in [-0.39, 0.29) is 5.91 Å². The molecule has 0 aliphatic rings. The Kier molecular flexibility index (Phi) is 8.13. The fourth-order valence-electron chi connectivity index (χ4n) is 1.05. The highest BCUT2D eigenvalue weighted by Crippen LogP contribution is 2.11. The van der Waals surface area contributed by atoms with Gasteiger partial charge in [-0.1, -0.05) is 19.9 Å². The lowest BCUT2D eigenvalue weighted by atomic mass is 10.2. The van der Waals surface area contributed by atoms with Crippen molar-refractivity contribution in [3.05, 3.63) is 29.8 Å². The third-order valence-electron chi connectivity index (χ3n) is 1.71. The highest BCUT2D eigenvalue weighted by atomic mass is 16.5. The average molecular weight is 234 g/mol. The first-order valence-corrected chi connectivity index (χ1v) is 5.60.